The third kappa shape index (κ3) is 2.05. The van der Waals surface area contributed by atoms with Gasteiger partial charge in [-0.05, 0) is 36.3 Å². The number of nitrogens with zero attached hydrogens (tertiary/aromatic N) is 1. The van der Waals surface area contributed by atoms with Crippen LogP contribution in [0.3, 0.4) is 0 Å². The van der Waals surface area contributed by atoms with E-state index in [2.05, 4.69) is 0 Å². The molecule has 15 heavy (non-hydrogen) atoms. The summed E-state index contributed by atoms with van der Waals surface area (Å²) in [6, 6.07) is 6.43. The first-order valence-electron chi connectivity index (χ1n) is 4.73. The lowest BCUT2D eigenvalue weighted by molar-refractivity contribution is 0.490. The Morgan fingerprint density at radius 1 is 1.40 bits per heavy atom. The Labute approximate surface area is 93.6 Å². The van der Waals surface area contributed by atoms with Gasteiger partial charge in [-0.25, -0.2) is 4.39 Å². The molecular weight excluding hydrogens is 213 g/mol. The van der Waals surface area contributed by atoms with Gasteiger partial charge in [-0.1, -0.05) is 18.2 Å². The molecule has 0 saturated carbocycles. The molecule has 0 aromatic heterocycles. The Bertz CT molecular complexity index is 425. The van der Waals surface area contributed by atoms with E-state index < -0.39 is 0 Å². The van der Waals surface area contributed by atoms with E-state index >= 15 is 0 Å². The van der Waals surface area contributed by atoms with Gasteiger partial charge in [-0.3, -0.25) is 4.42 Å². The molecule has 0 bridgehead atoms. The van der Waals surface area contributed by atoms with Gasteiger partial charge in [0.25, 0.3) is 0 Å². The van der Waals surface area contributed by atoms with Crippen LogP contribution in [0, 0.1) is 5.82 Å². The Morgan fingerprint density at radius 2 is 2.20 bits per heavy atom. The minimum absolute atomic E-state index is 0.0765. The number of hydrogen-bond donors (Lipinski definition) is 0. The van der Waals surface area contributed by atoms with E-state index in [1.54, 1.807) is 16.7 Å². The lowest BCUT2D eigenvalue weighted by Crippen LogP contribution is -2.17. The van der Waals surface area contributed by atoms with E-state index in [0.29, 0.717) is 0 Å². The van der Waals surface area contributed by atoms with Crippen molar-refractivity contribution in [3.63, 3.8) is 0 Å². The van der Waals surface area contributed by atoms with Crippen LogP contribution in [0.25, 0.3) is 0 Å². The average Bonchev–Trinajstić information content (AvgIpc) is 2.17. The second kappa shape index (κ2) is 4.07. The molecule has 0 aliphatic carbocycles. The molecule has 1 aromatic carbocycles. The molecule has 1 heterocycles. The average molecular weight is 224 g/mol. The Morgan fingerprint density at radius 3 is 2.87 bits per heavy atom. The molecule has 2 rings (SSSR count). The van der Waals surface area contributed by atoms with Gasteiger partial charge >= 0.3 is 0 Å². The van der Waals surface area contributed by atoms with Crippen LogP contribution in [-0.4, -0.2) is 4.42 Å². The van der Waals surface area contributed by atoms with Crippen LogP contribution >= 0.6 is 11.8 Å². The number of allylic oxidation sites excluding steroid dienone is 2. The smallest absolute Gasteiger partial charge is 0.123 e. The van der Waals surface area contributed by atoms with Crippen molar-refractivity contribution in [1.82, 2.24) is 4.42 Å². The van der Waals surface area contributed by atoms with Crippen LogP contribution in [0.4, 0.5) is 4.39 Å². The van der Waals surface area contributed by atoms with Crippen molar-refractivity contribution in [3.8, 4) is 0 Å². The summed E-state index contributed by atoms with van der Waals surface area (Å²) < 4.78 is 14.6. The monoisotopic (exact) mass is 223 g/mol. The molecule has 1 unspecified atom stereocenters. The van der Waals surface area contributed by atoms with Crippen LogP contribution in [0.5, 0.6) is 0 Å². The highest BCUT2D eigenvalue weighted by atomic mass is 35.5. The first-order valence-corrected chi connectivity index (χ1v) is 5.07. The number of rotatable bonds is 1. The predicted molar refractivity (Wildman–Crippen MR) is 59.7 cm³/mol. The Kier molecular flexibility index (Phi) is 2.78. The molecular formula is C12H11ClFN. The second-order valence-electron chi connectivity index (χ2n) is 3.55. The van der Waals surface area contributed by atoms with E-state index in [0.717, 1.165) is 11.1 Å². The van der Waals surface area contributed by atoms with Crippen LogP contribution < -0.4 is 0 Å². The molecule has 3 heteroatoms. The molecule has 1 nitrogen and oxygen atoms in total. The van der Waals surface area contributed by atoms with Gasteiger partial charge in [0.1, 0.15) is 5.82 Å². The van der Waals surface area contributed by atoms with Gasteiger partial charge in [-0.15, -0.1) is 0 Å². The van der Waals surface area contributed by atoms with Crippen molar-refractivity contribution < 1.29 is 4.39 Å². The van der Waals surface area contributed by atoms with Gasteiger partial charge in [-0.2, -0.15) is 0 Å². The maximum absolute atomic E-state index is 13.1. The maximum atomic E-state index is 13.1. The fourth-order valence-electron chi connectivity index (χ4n) is 1.73. The van der Waals surface area contributed by atoms with Gasteiger partial charge < -0.3 is 0 Å². The second-order valence-corrected chi connectivity index (χ2v) is 3.94. The highest BCUT2D eigenvalue weighted by Gasteiger charge is 2.20. The molecule has 0 fully saturated rings. The minimum Gasteiger partial charge on any atom is -0.281 e. The topological polar surface area (TPSA) is 3.24 Å². The molecule has 0 saturated heterocycles. The standard InChI is InChI=1S/C12H11ClFN/c1-9-4-3-7-15(13)12(9)10-5-2-6-11(14)8-10/h2-8,12H,1H3. The molecule has 0 amide bonds. The van der Waals surface area contributed by atoms with E-state index in [4.69, 9.17) is 11.8 Å². The largest absolute Gasteiger partial charge is 0.281 e. The van der Waals surface area contributed by atoms with Crippen LogP contribution in [0.2, 0.25) is 0 Å². The summed E-state index contributed by atoms with van der Waals surface area (Å²) in [5, 5.41) is 0. The van der Waals surface area contributed by atoms with Gasteiger partial charge in [0, 0.05) is 18.0 Å². The molecule has 0 spiro atoms. The SMILES string of the molecule is CC1=CC=CN(Cl)C1c1cccc(F)c1. The summed E-state index contributed by atoms with van der Waals surface area (Å²) in [4.78, 5) is 0. The zero-order valence-electron chi connectivity index (χ0n) is 8.32. The number of benzene rings is 1. The van der Waals surface area contributed by atoms with Crippen molar-refractivity contribution in [2.75, 3.05) is 0 Å². The number of hydrogen-bond acceptors (Lipinski definition) is 1. The fourth-order valence-corrected chi connectivity index (χ4v) is 2.06. The zero-order valence-corrected chi connectivity index (χ0v) is 9.08. The normalized spacial score (nSPS) is 20.3. The number of halogens is 2. The summed E-state index contributed by atoms with van der Waals surface area (Å²) in [5.74, 6) is -0.236. The molecule has 1 aliphatic rings. The van der Waals surface area contributed by atoms with Gasteiger partial charge in [0.05, 0.1) is 6.04 Å². The van der Waals surface area contributed by atoms with Gasteiger partial charge in [0.2, 0.25) is 0 Å². The maximum Gasteiger partial charge on any atom is 0.123 e. The molecule has 1 aliphatic heterocycles. The van der Waals surface area contributed by atoms with Crippen molar-refractivity contribution in [2.45, 2.75) is 13.0 Å². The summed E-state index contributed by atoms with van der Waals surface area (Å²) in [5.41, 5.74) is 1.96. The Balaban J connectivity index is 2.38. The predicted octanol–water partition coefficient (Wildman–Crippen LogP) is 3.80. The highest BCUT2D eigenvalue weighted by molar-refractivity contribution is 6.14. The van der Waals surface area contributed by atoms with Crippen molar-refractivity contribution in [3.05, 3.63) is 59.6 Å². The first kappa shape index (κ1) is 10.2. The van der Waals surface area contributed by atoms with Crippen molar-refractivity contribution >= 4 is 11.8 Å². The summed E-state index contributed by atoms with van der Waals surface area (Å²) in [7, 11) is 0. The van der Waals surface area contributed by atoms with Crippen molar-refractivity contribution in [2.24, 2.45) is 0 Å². The van der Waals surface area contributed by atoms with E-state index in [1.165, 1.54) is 12.1 Å². The van der Waals surface area contributed by atoms with Crippen LogP contribution in [0.1, 0.15) is 18.5 Å². The van der Waals surface area contributed by atoms with E-state index in [-0.39, 0.29) is 11.9 Å². The van der Waals surface area contributed by atoms with E-state index in [1.807, 2.05) is 25.1 Å². The molecule has 1 aromatic rings. The van der Waals surface area contributed by atoms with Crippen molar-refractivity contribution in [1.29, 1.82) is 0 Å². The fraction of sp³-hybridized carbons (Fsp3) is 0.167. The Hall–Kier alpha value is -1.28. The lowest BCUT2D eigenvalue weighted by atomic mass is 9.98. The lowest BCUT2D eigenvalue weighted by Gasteiger charge is -2.27. The summed E-state index contributed by atoms with van der Waals surface area (Å²) in [6.07, 6.45) is 5.62. The van der Waals surface area contributed by atoms with Crippen LogP contribution in [-0.2, 0) is 0 Å². The van der Waals surface area contributed by atoms with Gasteiger partial charge in [0.15, 0.2) is 0 Å². The molecule has 0 N–H and O–H groups in total. The van der Waals surface area contributed by atoms with E-state index in [9.17, 15) is 4.39 Å². The summed E-state index contributed by atoms with van der Waals surface area (Å²) in [6.45, 7) is 1.98. The zero-order chi connectivity index (χ0) is 10.8. The quantitative estimate of drug-likeness (QED) is 0.655. The third-order valence-corrected chi connectivity index (χ3v) is 2.74. The summed E-state index contributed by atoms with van der Waals surface area (Å²) >= 11 is 6.05. The highest BCUT2D eigenvalue weighted by Crippen LogP contribution is 2.32. The molecule has 78 valence electrons. The van der Waals surface area contributed by atoms with Crippen LogP contribution in [0.15, 0.2) is 48.2 Å². The minimum atomic E-state index is -0.236. The molecule has 1 atom stereocenters. The first-order chi connectivity index (χ1) is 7.18. The molecule has 0 radical (unpaired) electrons. The third-order valence-electron chi connectivity index (χ3n) is 2.43.